The molecule has 0 bridgehead atoms. The summed E-state index contributed by atoms with van der Waals surface area (Å²) in [5.74, 6) is 0.421. The maximum Gasteiger partial charge on any atom is 0.273 e. The number of piperazine rings is 1. The maximum absolute atomic E-state index is 13.4. The molecule has 9 nitrogen and oxygen atoms in total. The second kappa shape index (κ2) is 12.6. The largest absolute Gasteiger partial charge is 0.493 e. The van der Waals surface area contributed by atoms with E-state index in [-0.39, 0.29) is 48.5 Å². The highest BCUT2D eigenvalue weighted by molar-refractivity contribution is 5.76. The lowest BCUT2D eigenvalue weighted by molar-refractivity contribution is -0.131. The van der Waals surface area contributed by atoms with Crippen molar-refractivity contribution in [3.8, 4) is 22.9 Å². The third-order valence-corrected chi connectivity index (χ3v) is 6.88. The van der Waals surface area contributed by atoms with E-state index in [1.165, 1.54) is 31.4 Å². The van der Waals surface area contributed by atoms with Crippen molar-refractivity contribution >= 4 is 11.6 Å². The van der Waals surface area contributed by atoms with Gasteiger partial charge in [0.2, 0.25) is 5.91 Å². The van der Waals surface area contributed by atoms with Crippen molar-refractivity contribution in [1.82, 2.24) is 20.1 Å². The van der Waals surface area contributed by atoms with Crippen LogP contribution in [0.5, 0.6) is 11.5 Å². The first-order chi connectivity index (χ1) is 19.9. The SMILES string of the molecule is COc1cc(-c2nnc(CCC(=O)N3CCN(c4ccc(F)cc4)CC3)c(=O)[nH]2)ccc1OCc1cccc(F)c1. The summed E-state index contributed by atoms with van der Waals surface area (Å²) in [4.78, 5) is 32.1. The van der Waals surface area contributed by atoms with Gasteiger partial charge in [0.1, 0.15) is 23.9 Å². The van der Waals surface area contributed by atoms with Crippen molar-refractivity contribution < 1.29 is 23.0 Å². The van der Waals surface area contributed by atoms with Crippen LogP contribution in [0.3, 0.4) is 0 Å². The van der Waals surface area contributed by atoms with E-state index in [0.717, 1.165) is 5.69 Å². The van der Waals surface area contributed by atoms with Gasteiger partial charge in [0.25, 0.3) is 5.56 Å². The van der Waals surface area contributed by atoms with Crippen molar-refractivity contribution in [2.45, 2.75) is 19.4 Å². The number of benzene rings is 3. The Kier molecular flexibility index (Phi) is 8.52. The Bertz CT molecular complexity index is 1570. The molecule has 1 amide bonds. The van der Waals surface area contributed by atoms with Crippen LogP contribution in [0.2, 0.25) is 0 Å². The minimum Gasteiger partial charge on any atom is -0.493 e. The van der Waals surface area contributed by atoms with Gasteiger partial charge in [0, 0.05) is 50.3 Å². The lowest BCUT2D eigenvalue weighted by Crippen LogP contribution is -2.48. The molecule has 0 radical (unpaired) electrons. The van der Waals surface area contributed by atoms with Gasteiger partial charge in [-0.2, -0.15) is 0 Å². The minimum atomic E-state index is -0.422. The molecule has 11 heteroatoms. The average molecular weight is 562 g/mol. The van der Waals surface area contributed by atoms with Crippen LogP contribution in [0.1, 0.15) is 17.7 Å². The number of aromatic amines is 1. The van der Waals surface area contributed by atoms with Crippen LogP contribution in [-0.4, -0.2) is 59.3 Å². The third-order valence-electron chi connectivity index (χ3n) is 6.88. The highest BCUT2D eigenvalue weighted by atomic mass is 19.1. The fourth-order valence-electron chi connectivity index (χ4n) is 4.63. The molecular weight excluding hydrogens is 532 g/mol. The Hall–Kier alpha value is -4.80. The number of H-pyrrole nitrogens is 1. The molecule has 4 aromatic rings. The van der Waals surface area contributed by atoms with Crippen LogP contribution in [0.4, 0.5) is 14.5 Å². The number of carbonyl (C=O) groups is 1. The van der Waals surface area contributed by atoms with E-state index in [1.807, 2.05) is 0 Å². The first-order valence-electron chi connectivity index (χ1n) is 13.2. The lowest BCUT2D eigenvalue weighted by atomic mass is 10.1. The Morgan fingerprint density at radius 3 is 2.41 bits per heavy atom. The molecule has 1 N–H and O–H groups in total. The number of ether oxygens (including phenoxy) is 2. The Balaban J connectivity index is 1.16. The molecule has 0 saturated carbocycles. The van der Waals surface area contributed by atoms with Gasteiger partial charge in [0.05, 0.1) is 7.11 Å². The summed E-state index contributed by atoms with van der Waals surface area (Å²) >= 11 is 0. The van der Waals surface area contributed by atoms with Crippen molar-refractivity contribution in [3.63, 3.8) is 0 Å². The predicted molar refractivity (Wildman–Crippen MR) is 149 cm³/mol. The van der Waals surface area contributed by atoms with Crippen molar-refractivity contribution in [2.75, 3.05) is 38.2 Å². The van der Waals surface area contributed by atoms with Crippen LogP contribution in [0.15, 0.2) is 71.5 Å². The highest BCUT2D eigenvalue weighted by Gasteiger charge is 2.22. The van der Waals surface area contributed by atoms with Crippen LogP contribution in [0, 0.1) is 11.6 Å². The minimum absolute atomic E-state index is 0.0624. The quantitative estimate of drug-likeness (QED) is 0.330. The van der Waals surface area contributed by atoms with Crippen LogP contribution in [0.25, 0.3) is 11.4 Å². The second-order valence-corrected chi connectivity index (χ2v) is 9.58. The number of methoxy groups -OCH3 is 1. The van der Waals surface area contributed by atoms with E-state index in [9.17, 15) is 18.4 Å². The number of carbonyl (C=O) groups excluding carboxylic acids is 1. The summed E-state index contributed by atoms with van der Waals surface area (Å²) in [6.45, 7) is 2.53. The summed E-state index contributed by atoms with van der Waals surface area (Å²) in [5, 5.41) is 8.24. The lowest BCUT2D eigenvalue weighted by Gasteiger charge is -2.36. The fourth-order valence-corrected chi connectivity index (χ4v) is 4.63. The van der Waals surface area contributed by atoms with Crippen molar-refractivity contribution in [2.24, 2.45) is 0 Å². The molecule has 0 aliphatic carbocycles. The first kappa shape index (κ1) is 27.8. The van der Waals surface area contributed by atoms with Gasteiger partial charge in [0.15, 0.2) is 17.3 Å². The predicted octanol–water partition coefficient (Wildman–Crippen LogP) is 3.98. The monoisotopic (exact) mass is 561 g/mol. The standard InChI is InChI=1S/C30H29F2N5O4/c1-40-27-18-21(5-11-26(27)41-19-20-3-2-4-23(32)17-20)29-33-30(39)25(34-35-29)10-12-28(38)37-15-13-36(14-16-37)24-8-6-22(31)7-9-24/h2-9,11,17-18H,10,12-16,19H2,1H3,(H,33,35,39). The number of aromatic nitrogens is 3. The second-order valence-electron chi connectivity index (χ2n) is 9.58. The number of hydrogen-bond acceptors (Lipinski definition) is 7. The number of nitrogens with one attached hydrogen (secondary N) is 1. The summed E-state index contributed by atoms with van der Waals surface area (Å²) < 4.78 is 37.8. The number of rotatable bonds is 9. The van der Waals surface area contributed by atoms with Gasteiger partial charge in [-0.3, -0.25) is 9.59 Å². The molecule has 0 unspecified atom stereocenters. The molecule has 2 heterocycles. The Morgan fingerprint density at radius 2 is 1.71 bits per heavy atom. The summed E-state index contributed by atoms with van der Waals surface area (Å²) in [6, 6.07) is 17.5. The normalized spacial score (nSPS) is 13.2. The average Bonchev–Trinajstić information content (AvgIpc) is 2.99. The highest BCUT2D eigenvalue weighted by Crippen LogP contribution is 2.31. The Labute approximate surface area is 235 Å². The molecule has 41 heavy (non-hydrogen) atoms. The van der Waals surface area contributed by atoms with Gasteiger partial charge in [-0.15, -0.1) is 10.2 Å². The number of amides is 1. The van der Waals surface area contributed by atoms with E-state index >= 15 is 0 Å². The summed E-state index contributed by atoms with van der Waals surface area (Å²) in [5.41, 5.74) is 1.91. The van der Waals surface area contributed by atoms with Crippen LogP contribution in [-0.2, 0) is 17.8 Å². The summed E-state index contributed by atoms with van der Waals surface area (Å²) in [7, 11) is 1.49. The van der Waals surface area contributed by atoms with Gasteiger partial charge < -0.3 is 24.3 Å². The number of nitrogens with zero attached hydrogens (tertiary/aromatic N) is 4. The molecule has 1 aliphatic heterocycles. The maximum atomic E-state index is 13.4. The molecule has 5 rings (SSSR count). The van der Waals surface area contributed by atoms with E-state index in [4.69, 9.17) is 9.47 Å². The van der Waals surface area contributed by atoms with E-state index in [1.54, 1.807) is 47.4 Å². The van der Waals surface area contributed by atoms with E-state index < -0.39 is 5.56 Å². The van der Waals surface area contributed by atoms with E-state index in [2.05, 4.69) is 20.1 Å². The zero-order valence-electron chi connectivity index (χ0n) is 22.5. The van der Waals surface area contributed by atoms with E-state index in [0.29, 0.717) is 48.8 Å². The van der Waals surface area contributed by atoms with Crippen molar-refractivity contribution in [1.29, 1.82) is 0 Å². The zero-order chi connectivity index (χ0) is 28.8. The molecule has 3 aromatic carbocycles. The number of halogens is 2. The third kappa shape index (κ3) is 6.86. The fraction of sp³-hybridized carbons (Fsp3) is 0.267. The molecule has 1 aliphatic rings. The van der Waals surface area contributed by atoms with Gasteiger partial charge in [-0.1, -0.05) is 12.1 Å². The smallest absolute Gasteiger partial charge is 0.273 e. The molecule has 212 valence electrons. The molecule has 0 spiro atoms. The van der Waals surface area contributed by atoms with Gasteiger partial charge in [-0.05, 0) is 60.2 Å². The first-order valence-corrected chi connectivity index (χ1v) is 13.2. The molecular formula is C30H29F2N5O4. The molecule has 1 fully saturated rings. The summed E-state index contributed by atoms with van der Waals surface area (Å²) in [6.07, 6.45) is 0.300. The topological polar surface area (TPSA) is 101 Å². The van der Waals surface area contributed by atoms with Crippen LogP contribution >= 0.6 is 0 Å². The number of anilines is 1. The number of aryl methyl sites for hydroxylation is 1. The van der Waals surface area contributed by atoms with Crippen LogP contribution < -0.4 is 19.9 Å². The molecule has 0 atom stereocenters. The van der Waals surface area contributed by atoms with Crippen molar-refractivity contribution in [3.05, 3.63) is 100.0 Å². The number of hydrogen-bond donors (Lipinski definition) is 1. The zero-order valence-corrected chi connectivity index (χ0v) is 22.5. The molecule has 1 saturated heterocycles. The van der Waals surface area contributed by atoms with Gasteiger partial charge in [-0.25, -0.2) is 8.78 Å². The molecule has 1 aromatic heterocycles. The Morgan fingerprint density at radius 1 is 0.927 bits per heavy atom. The van der Waals surface area contributed by atoms with Gasteiger partial charge >= 0.3 is 0 Å².